The van der Waals surface area contributed by atoms with E-state index in [4.69, 9.17) is 5.11 Å². The first-order chi connectivity index (χ1) is 16.0. The second-order valence-electron chi connectivity index (χ2n) is 10.1. The number of carboxylic acid groups (broad SMARTS) is 1. The molecule has 5 atom stereocenters. The average Bonchev–Trinajstić information content (AvgIpc) is 3.31. The first-order valence-electron chi connectivity index (χ1n) is 12.3. The van der Waals surface area contributed by atoms with Crippen LogP contribution in [-0.2, 0) is 6.54 Å². The molecule has 5 rings (SSSR count). The van der Waals surface area contributed by atoms with Crippen molar-refractivity contribution in [3.05, 3.63) is 47.2 Å². The highest BCUT2D eigenvalue weighted by Crippen LogP contribution is 2.53. The van der Waals surface area contributed by atoms with Gasteiger partial charge in [-0.1, -0.05) is 19.1 Å². The van der Waals surface area contributed by atoms with Crippen LogP contribution in [0.15, 0.2) is 35.5 Å². The smallest absolute Gasteiger partial charge is 0.335 e. The lowest BCUT2D eigenvalue weighted by Gasteiger charge is -2.27. The summed E-state index contributed by atoms with van der Waals surface area (Å²) in [6, 6.07) is 7.14. The van der Waals surface area contributed by atoms with E-state index in [1.54, 1.807) is 30.1 Å². The highest BCUT2D eigenvalue weighted by Gasteiger charge is 2.46. The zero-order valence-electron chi connectivity index (χ0n) is 19.2. The fourth-order valence-electron chi connectivity index (χ4n) is 6.44. The van der Waals surface area contributed by atoms with Crippen LogP contribution < -0.4 is 5.32 Å². The Bertz CT molecular complexity index is 1020. The third-order valence-corrected chi connectivity index (χ3v) is 9.20. The highest BCUT2D eigenvalue weighted by molar-refractivity contribution is 7.99. The van der Waals surface area contributed by atoms with Gasteiger partial charge in [-0.15, -0.1) is 11.8 Å². The number of aromatic nitrogens is 2. The molecular formula is C26H33N3O3S. The van der Waals surface area contributed by atoms with E-state index in [0.29, 0.717) is 18.0 Å². The van der Waals surface area contributed by atoms with Gasteiger partial charge in [-0.25, -0.2) is 4.79 Å². The van der Waals surface area contributed by atoms with Crippen LogP contribution in [0.25, 0.3) is 0 Å². The van der Waals surface area contributed by atoms with Crippen LogP contribution in [0.4, 0.5) is 0 Å². The molecule has 3 unspecified atom stereocenters. The topological polar surface area (TPSA) is 84.2 Å². The van der Waals surface area contributed by atoms with Gasteiger partial charge in [-0.2, -0.15) is 5.10 Å². The maximum absolute atomic E-state index is 13.4. The molecule has 33 heavy (non-hydrogen) atoms. The molecule has 1 aromatic carbocycles. The minimum atomic E-state index is -0.931. The molecule has 176 valence electrons. The van der Waals surface area contributed by atoms with Gasteiger partial charge in [-0.3, -0.25) is 9.48 Å². The summed E-state index contributed by atoms with van der Waals surface area (Å²) in [6.45, 7) is 2.64. The number of carboxylic acids is 1. The summed E-state index contributed by atoms with van der Waals surface area (Å²) in [5, 5.41) is 18.0. The summed E-state index contributed by atoms with van der Waals surface area (Å²) in [6.07, 6.45) is 10.5. The number of aromatic carboxylic acids is 1. The quantitative estimate of drug-likeness (QED) is 0.529. The van der Waals surface area contributed by atoms with Crippen LogP contribution >= 0.6 is 11.8 Å². The van der Waals surface area contributed by atoms with Gasteiger partial charge in [0.15, 0.2) is 0 Å². The lowest BCUT2D eigenvalue weighted by molar-refractivity contribution is 0.0696. The van der Waals surface area contributed by atoms with Gasteiger partial charge < -0.3 is 10.4 Å². The largest absolute Gasteiger partial charge is 0.478 e. The number of carbonyl (C=O) groups excluding carboxylic acids is 1. The molecule has 3 aliphatic carbocycles. The number of carbonyl (C=O) groups is 2. The van der Waals surface area contributed by atoms with Crippen LogP contribution in [0.5, 0.6) is 0 Å². The number of fused-ring (bicyclic) bond motifs is 2. The van der Waals surface area contributed by atoms with Crippen LogP contribution in [0, 0.1) is 23.7 Å². The van der Waals surface area contributed by atoms with E-state index >= 15 is 0 Å². The normalized spacial score (nSPS) is 28.0. The van der Waals surface area contributed by atoms with Crippen molar-refractivity contribution < 1.29 is 14.7 Å². The van der Waals surface area contributed by atoms with Gasteiger partial charge in [-0.05, 0) is 92.1 Å². The molecule has 7 heteroatoms. The fourth-order valence-corrected chi connectivity index (χ4v) is 7.40. The minimum Gasteiger partial charge on any atom is -0.478 e. The van der Waals surface area contributed by atoms with Crippen molar-refractivity contribution >= 4 is 23.6 Å². The van der Waals surface area contributed by atoms with Crippen molar-refractivity contribution in [2.75, 3.05) is 5.75 Å². The van der Waals surface area contributed by atoms with Crippen molar-refractivity contribution in [3.63, 3.8) is 0 Å². The molecule has 6 nitrogen and oxygen atoms in total. The number of hydrogen-bond acceptors (Lipinski definition) is 4. The molecule has 0 spiro atoms. The SMILES string of the molecule is CCCSc1c(C(=O)NC2CCC3CC4C[C@@H](C3)C[C@@H]42)cnn1Cc1ccc(C(=O)O)cc1. The van der Waals surface area contributed by atoms with Gasteiger partial charge in [0.1, 0.15) is 5.03 Å². The molecule has 2 aromatic rings. The minimum absolute atomic E-state index is 0.00676. The summed E-state index contributed by atoms with van der Waals surface area (Å²) in [7, 11) is 0. The van der Waals surface area contributed by atoms with E-state index in [0.717, 1.165) is 46.9 Å². The molecule has 0 radical (unpaired) electrons. The molecule has 3 fully saturated rings. The Kier molecular flexibility index (Phi) is 6.50. The third kappa shape index (κ3) is 4.70. The Morgan fingerprint density at radius 2 is 1.91 bits per heavy atom. The van der Waals surface area contributed by atoms with E-state index in [-0.39, 0.29) is 17.5 Å². The maximum atomic E-state index is 13.4. The molecule has 1 aromatic heterocycles. The van der Waals surface area contributed by atoms with Crippen molar-refractivity contribution in [2.24, 2.45) is 23.7 Å². The van der Waals surface area contributed by atoms with Crippen molar-refractivity contribution in [1.82, 2.24) is 15.1 Å². The first-order valence-corrected chi connectivity index (χ1v) is 13.3. The summed E-state index contributed by atoms with van der Waals surface area (Å²) < 4.78 is 1.88. The van der Waals surface area contributed by atoms with Crippen molar-refractivity contribution in [3.8, 4) is 0 Å². The van der Waals surface area contributed by atoms with Gasteiger partial charge in [0, 0.05) is 6.04 Å². The number of hydrogen-bond donors (Lipinski definition) is 2. The summed E-state index contributed by atoms with van der Waals surface area (Å²) in [4.78, 5) is 24.6. The maximum Gasteiger partial charge on any atom is 0.335 e. The summed E-state index contributed by atoms with van der Waals surface area (Å²) in [5.74, 6) is 3.18. The zero-order chi connectivity index (χ0) is 22.9. The summed E-state index contributed by atoms with van der Waals surface area (Å²) in [5.41, 5.74) is 1.90. The first kappa shape index (κ1) is 22.5. The molecule has 0 aliphatic heterocycles. The Labute approximate surface area is 199 Å². The Hall–Kier alpha value is -2.28. The average molecular weight is 468 g/mol. The lowest BCUT2D eigenvalue weighted by Crippen LogP contribution is -2.41. The number of nitrogens with one attached hydrogen (secondary N) is 1. The number of thioether (sulfide) groups is 1. The van der Waals surface area contributed by atoms with Crippen LogP contribution in [-0.4, -0.2) is 38.6 Å². The number of rotatable bonds is 8. The van der Waals surface area contributed by atoms with Gasteiger partial charge >= 0.3 is 5.97 Å². The highest BCUT2D eigenvalue weighted by atomic mass is 32.2. The molecule has 1 heterocycles. The standard InChI is InChI=1S/C26H33N3O3S/c1-2-9-33-25-22(14-27-29(25)15-16-3-6-19(7-4-16)26(31)32)24(30)28-23-8-5-17-10-18-12-20(11-17)21(23)13-18/h3-4,6-7,14,17-18,20-21,23H,2,5,8-13,15H2,1H3,(H,28,30)(H,31,32)/t17?,18-,20?,21+,23?/m1/s1. The van der Waals surface area contributed by atoms with Gasteiger partial charge in [0.25, 0.3) is 5.91 Å². The molecule has 2 N–H and O–H groups in total. The molecular weight excluding hydrogens is 434 g/mol. The van der Waals surface area contributed by atoms with E-state index in [1.807, 2.05) is 16.8 Å². The van der Waals surface area contributed by atoms with Crippen molar-refractivity contribution in [1.29, 1.82) is 0 Å². The van der Waals surface area contributed by atoms with Crippen molar-refractivity contribution in [2.45, 2.75) is 69.5 Å². The number of amides is 1. The Morgan fingerprint density at radius 1 is 1.12 bits per heavy atom. The monoisotopic (exact) mass is 467 g/mol. The number of nitrogens with zero attached hydrogens (tertiary/aromatic N) is 2. The molecule has 3 aliphatic rings. The Balaban J connectivity index is 1.33. The second kappa shape index (κ2) is 9.53. The van der Waals surface area contributed by atoms with Gasteiger partial charge in [0.2, 0.25) is 0 Å². The summed E-state index contributed by atoms with van der Waals surface area (Å²) >= 11 is 1.67. The van der Waals surface area contributed by atoms with Gasteiger partial charge in [0.05, 0.1) is 23.9 Å². The molecule has 1 amide bonds. The van der Waals surface area contributed by atoms with Crippen LogP contribution in [0.2, 0.25) is 0 Å². The third-order valence-electron chi connectivity index (χ3n) is 7.88. The molecule has 0 saturated heterocycles. The van der Waals surface area contributed by atoms with E-state index in [1.165, 1.54) is 32.1 Å². The fraction of sp³-hybridized carbons (Fsp3) is 0.577. The molecule has 3 bridgehead atoms. The van der Waals surface area contributed by atoms with Crippen LogP contribution in [0.1, 0.15) is 78.1 Å². The molecule has 3 saturated carbocycles. The number of benzene rings is 1. The second-order valence-corrected chi connectivity index (χ2v) is 11.2. The predicted molar refractivity (Wildman–Crippen MR) is 129 cm³/mol. The van der Waals surface area contributed by atoms with E-state index in [9.17, 15) is 9.59 Å². The lowest BCUT2D eigenvalue weighted by atomic mass is 9.80. The van der Waals surface area contributed by atoms with E-state index in [2.05, 4.69) is 17.3 Å². The van der Waals surface area contributed by atoms with E-state index < -0.39 is 5.97 Å². The predicted octanol–water partition coefficient (Wildman–Crippen LogP) is 5.08. The Morgan fingerprint density at radius 3 is 2.67 bits per heavy atom. The van der Waals surface area contributed by atoms with Crippen LogP contribution in [0.3, 0.4) is 0 Å². The zero-order valence-corrected chi connectivity index (χ0v) is 20.0.